The number of nitrogens with one attached hydrogen (secondary N) is 1. The zero-order valence-corrected chi connectivity index (χ0v) is 8.80. The van der Waals surface area contributed by atoms with Crippen LogP contribution in [0.4, 0.5) is 0 Å². The second kappa shape index (κ2) is 5.22. The fourth-order valence-electron chi connectivity index (χ4n) is 1.10. The average Bonchev–Trinajstić information content (AvgIpc) is 2.25. The van der Waals surface area contributed by atoms with Crippen LogP contribution in [0.15, 0.2) is 18.3 Å². The summed E-state index contributed by atoms with van der Waals surface area (Å²) in [5, 5.41) is 10.9. The molecular formula is C10H13N3O3. The number of amides is 1. The van der Waals surface area contributed by atoms with Gasteiger partial charge in [0, 0.05) is 12.7 Å². The number of nitrogens with two attached hydrogens (primary N) is 1. The fourth-order valence-corrected chi connectivity index (χ4v) is 1.10. The Balaban J connectivity index is 2.60. The van der Waals surface area contributed by atoms with E-state index in [1.165, 1.54) is 6.20 Å². The van der Waals surface area contributed by atoms with Gasteiger partial charge in [0.1, 0.15) is 11.7 Å². The van der Waals surface area contributed by atoms with Crippen molar-refractivity contribution in [2.75, 3.05) is 6.54 Å². The largest absolute Gasteiger partial charge is 0.480 e. The molecule has 1 atom stereocenters. The number of hydrogen-bond acceptors (Lipinski definition) is 4. The lowest BCUT2D eigenvalue weighted by Gasteiger charge is -2.09. The number of carboxylic acid groups (broad SMARTS) is 1. The van der Waals surface area contributed by atoms with Crippen molar-refractivity contribution in [1.29, 1.82) is 0 Å². The van der Waals surface area contributed by atoms with Crippen LogP contribution >= 0.6 is 0 Å². The van der Waals surface area contributed by atoms with Crippen LogP contribution in [0.1, 0.15) is 16.1 Å². The van der Waals surface area contributed by atoms with Gasteiger partial charge in [0.2, 0.25) is 0 Å². The van der Waals surface area contributed by atoms with Crippen molar-refractivity contribution >= 4 is 11.9 Å². The highest BCUT2D eigenvalue weighted by molar-refractivity contribution is 5.93. The Bertz CT molecular complexity index is 406. The van der Waals surface area contributed by atoms with Gasteiger partial charge in [-0.1, -0.05) is 6.07 Å². The second-order valence-corrected chi connectivity index (χ2v) is 3.32. The van der Waals surface area contributed by atoms with E-state index in [2.05, 4.69) is 10.3 Å². The van der Waals surface area contributed by atoms with E-state index in [9.17, 15) is 9.59 Å². The Kier molecular flexibility index (Phi) is 3.96. The molecule has 0 saturated heterocycles. The lowest BCUT2D eigenvalue weighted by atomic mass is 10.2. The lowest BCUT2D eigenvalue weighted by molar-refractivity contribution is -0.138. The van der Waals surface area contributed by atoms with Crippen molar-refractivity contribution in [2.24, 2.45) is 5.73 Å². The molecule has 16 heavy (non-hydrogen) atoms. The van der Waals surface area contributed by atoms with Crippen molar-refractivity contribution < 1.29 is 14.7 Å². The molecule has 1 unspecified atom stereocenters. The summed E-state index contributed by atoms with van der Waals surface area (Å²) in [5.41, 5.74) is 6.25. The summed E-state index contributed by atoms with van der Waals surface area (Å²) in [7, 11) is 0. The summed E-state index contributed by atoms with van der Waals surface area (Å²) in [6.45, 7) is 1.63. The van der Waals surface area contributed by atoms with Gasteiger partial charge < -0.3 is 16.2 Å². The zero-order chi connectivity index (χ0) is 12.1. The molecule has 1 aromatic heterocycles. The molecule has 86 valence electrons. The third-order valence-corrected chi connectivity index (χ3v) is 2.02. The molecule has 4 N–H and O–H groups in total. The van der Waals surface area contributed by atoms with Gasteiger partial charge in [-0.2, -0.15) is 0 Å². The van der Waals surface area contributed by atoms with Crippen molar-refractivity contribution in [3.05, 3.63) is 29.6 Å². The smallest absolute Gasteiger partial charge is 0.322 e. The average molecular weight is 223 g/mol. The number of nitrogens with zero attached hydrogens (tertiary/aromatic N) is 1. The van der Waals surface area contributed by atoms with Crippen molar-refractivity contribution in [3.63, 3.8) is 0 Å². The molecular weight excluding hydrogens is 210 g/mol. The summed E-state index contributed by atoms with van der Waals surface area (Å²) in [5.74, 6) is -1.58. The van der Waals surface area contributed by atoms with Gasteiger partial charge in [-0.3, -0.25) is 14.6 Å². The van der Waals surface area contributed by atoms with Gasteiger partial charge >= 0.3 is 5.97 Å². The first-order chi connectivity index (χ1) is 7.52. The van der Waals surface area contributed by atoms with Crippen molar-refractivity contribution in [1.82, 2.24) is 10.3 Å². The van der Waals surface area contributed by atoms with Crippen molar-refractivity contribution in [2.45, 2.75) is 13.0 Å². The van der Waals surface area contributed by atoms with E-state index in [1.807, 2.05) is 0 Å². The quantitative estimate of drug-likeness (QED) is 0.640. The maximum Gasteiger partial charge on any atom is 0.322 e. The topological polar surface area (TPSA) is 105 Å². The molecule has 0 spiro atoms. The zero-order valence-electron chi connectivity index (χ0n) is 8.80. The first-order valence-electron chi connectivity index (χ1n) is 4.70. The van der Waals surface area contributed by atoms with Crippen LogP contribution in [0.25, 0.3) is 0 Å². The molecule has 1 amide bonds. The van der Waals surface area contributed by atoms with E-state index >= 15 is 0 Å². The van der Waals surface area contributed by atoms with Crippen LogP contribution in [0.2, 0.25) is 0 Å². The first kappa shape index (κ1) is 12.1. The van der Waals surface area contributed by atoms with Crippen LogP contribution in [-0.4, -0.2) is 34.6 Å². The molecule has 0 radical (unpaired) electrons. The van der Waals surface area contributed by atoms with E-state index in [1.54, 1.807) is 19.1 Å². The normalized spacial score (nSPS) is 11.9. The van der Waals surface area contributed by atoms with Gasteiger partial charge in [-0.05, 0) is 18.6 Å². The van der Waals surface area contributed by atoms with Gasteiger partial charge in [-0.25, -0.2) is 0 Å². The number of carboxylic acids is 1. The molecule has 0 fully saturated rings. The Morgan fingerprint density at radius 1 is 1.62 bits per heavy atom. The number of aliphatic carboxylic acids is 1. The van der Waals surface area contributed by atoms with Crippen LogP contribution in [-0.2, 0) is 4.79 Å². The van der Waals surface area contributed by atoms with Crippen molar-refractivity contribution in [3.8, 4) is 0 Å². The maximum atomic E-state index is 11.6. The summed E-state index contributed by atoms with van der Waals surface area (Å²) < 4.78 is 0. The highest BCUT2D eigenvalue weighted by Crippen LogP contribution is 2.02. The molecule has 6 heteroatoms. The third kappa shape index (κ3) is 3.03. The van der Waals surface area contributed by atoms with Crippen LogP contribution < -0.4 is 11.1 Å². The second-order valence-electron chi connectivity index (χ2n) is 3.32. The highest BCUT2D eigenvalue weighted by atomic mass is 16.4. The number of hydrogen-bond donors (Lipinski definition) is 3. The lowest BCUT2D eigenvalue weighted by Crippen LogP contribution is -2.42. The van der Waals surface area contributed by atoms with Crippen LogP contribution in [0.5, 0.6) is 0 Å². The van der Waals surface area contributed by atoms with Crippen LogP contribution in [0, 0.1) is 6.92 Å². The summed E-state index contributed by atoms with van der Waals surface area (Å²) >= 11 is 0. The minimum Gasteiger partial charge on any atom is -0.480 e. The predicted octanol–water partition coefficient (Wildman–Crippen LogP) is -0.468. The highest BCUT2D eigenvalue weighted by Gasteiger charge is 2.15. The minimum atomic E-state index is -1.15. The minimum absolute atomic E-state index is 0.121. The summed E-state index contributed by atoms with van der Waals surface area (Å²) in [4.78, 5) is 25.9. The van der Waals surface area contributed by atoms with Crippen LogP contribution in [0.3, 0.4) is 0 Å². The molecule has 1 rings (SSSR count). The number of rotatable bonds is 4. The van der Waals surface area contributed by atoms with Gasteiger partial charge in [0.25, 0.3) is 5.91 Å². The summed E-state index contributed by atoms with van der Waals surface area (Å²) in [6.07, 6.45) is 1.50. The molecule has 0 aliphatic heterocycles. The molecule has 1 heterocycles. The summed E-state index contributed by atoms with van der Waals surface area (Å²) in [6, 6.07) is 2.36. The molecule has 0 aromatic carbocycles. The first-order valence-corrected chi connectivity index (χ1v) is 4.70. The number of carbonyl (C=O) groups is 2. The number of aryl methyl sites for hydroxylation is 1. The third-order valence-electron chi connectivity index (χ3n) is 2.02. The predicted molar refractivity (Wildman–Crippen MR) is 56.9 cm³/mol. The molecule has 0 saturated carbocycles. The SMILES string of the molecule is Cc1cccnc1C(=O)NCC(N)C(=O)O. The van der Waals surface area contributed by atoms with E-state index in [4.69, 9.17) is 10.8 Å². The van der Waals surface area contributed by atoms with E-state index in [0.717, 1.165) is 5.56 Å². The molecule has 6 nitrogen and oxygen atoms in total. The van der Waals surface area contributed by atoms with Gasteiger partial charge in [-0.15, -0.1) is 0 Å². The maximum absolute atomic E-state index is 11.6. The number of pyridine rings is 1. The Hall–Kier alpha value is -1.95. The molecule has 0 aliphatic rings. The Labute approximate surface area is 92.5 Å². The molecule has 0 bridgehead atoms. The van der Waals surface area contributed by atoms with Gasteiger partial charge in [0.15, 0.2) is 0 Å². The molecule has 0 aliphatic carbocycles. The number of carbonyl (C=O) groups excluding carboxylic acids is 1. The van der Waals surface area contributed by atoms with E-state index in [0.29, 0.717) is 0 Å². The van der Waals surface area contributed by atoms with E-state index in [-0.39, 0.29) is 12.2 Å². The van der Waals surface area contributed by atoms with Gasteiger partial charge in [0.05, 0.1) is 0 Å². The fraction of sp³-hybridized carbons (Fsp3) is 0.300. The Morgan fingerprint density at radius 2 is 2.31 bits per heavy atom. The number of aromatic nitrogens is 1. The standard InChI is InChI=1S/C10H13N3O3/c1-6-3-2-4-12-8(6)9(14)13-5-7(11)10(15)16/h2-4,7H,5,11H2,1H3,(H,13,14)(H,15,16). The monoisotopic (exact) mass is 223 g/mol. The molecule has 1 aromatic rings. The van der Waals surface area contributed by atoms with E-state index < -0.39 is 17.9 Å². The Morgan fingerprint density at radius 3 is 2.88 bits per heavy atom.